The lowest BCUT2D eigenvalue weighted by Gasteiger charge is -2.50. The molecule has 9 rings (SSSR count). The van der Waals surface area contributed by atoms with E-state index in [9.17, 15) is 9.59 Å². The van der Waals surface area contributed by atoms with Crippen molar-refractivity contribution in [3.63, 3.8) is 0 Å². The van der Waals surface area contributed by atoms with Crippen molar-refractivity contribution in [1.82, 2.24) is 9.80 Å². The summed E-state index contributed by atoms with van der Waals surface area (Å²) in [5.74, 6) is 0.554. The fourth-order valence-electron chi connectivity index (χ4n) is 11.5. The number of carbonyl (C=O) groups is 2. The first-order valence-corrected chi connectivity index (χ1v) is 16.9. The van der Waals surface area contributed by atoms with Crippen LogP contribution in [0.3, 0.4) is 0 Å². The predicted octanol–water partition coefficient (Wildman–Crippen LogP) is 6.99. The number of azo groups is 1. The molecule has 0 bridgehead atoms. The minimum atomic E-state index is -0.614. The van der Waals surface area contributed by atoms with E-state index in [1.165, 1.54) is 54.9 Å². The van der Waals surface area contributed by atoms with Crippen LogP contribution in [0.15, 0.2) is 77.0 Å². The summed E-state index contributed by atoms with van der Waals surface area (Å²) in [6.07, 6.45) is 7.21. The Kier molecular flexibility index (Phi) is 6.04. The molecule has 3 aromatic rings. The minimum Gasteiger partial charge on any atom is -0.453 e. The minimum absolute atomic E-state index is 0.00234. The second-order valence-corrected chi connectivity index (χ2v) is 14.2. The van der Waals surface area contributed by atoms with Crippen LogP contribution >= 0.6 is 0 Å². The van der Waals surface area contributed by atoms with Crippen LogP contribution in [-0.2, 0) is 45.1 Å². The van der Waals surface area contributed by atoms with Crippen molar-refractivity contribution in [1.29, 1.82) is 0 Å². The Bertz CT molecular complexity index is 1810. The number of amides is 2. The largest absolute Gasteiger partial charge is 0.453 e. The third-order valence-corrected chi connectivity index (χ3v) is 13.0. The topological polar surface area (TPSA) is 83.8 Å². The predicted molar refractivity (Wildman–Crippen MR) is 172 cm³/mol. The molecule has 2 amide bonds. The molecule has 236 valence electrons. The summed E-state index contributed by atoms with van der Waals surface area (Å²) in [5, 5.41) is 10.4. The standard InChI is InChI=1S/C38H40N4O4/c1-45-34(43)41-19-17-37(36-16-8-11-26(36)21-24-9-3-5-12-28(24)36)30-14-7-15-31(27(30)23-32(37)41)39-40-38-18-20-42(35(44)46-2)33(38)22-25-10-4-6-13-29(25)38/h3-7,9-10,12-15,26,32-33H,8,11,16-23H2,1-2H3/t26-,32+,33-,36+,37+,38-/m0/s1. The lowest BCUT2D eigenvalue weighted by atomic mass is 9.53. The third-order valence-electron chi connectivity index (χ3n) is 13.0. The second-order valence-electron chi connectivity index (χ2n) is 14.2. The molecule has 0 aromatic heterocycles. The van der Waals surface area contributed by atoms with Gasteiger partial charge in [-0.2, -0.15) is 10.2 Å². The molecule has 4 aliphatic carbocycles. The number of carbonyl (C=O) groups excluding carboxylic acids is 2. The van der Waals surface area contributed by atoms with Gasteiger partial charge in [0.15, 0.2) is 0 Å². The van der Waals surface area contributed by atoms with Crippen molar-refractivity contribution in [2.75, 3.05) is 27.3 Å². The monoisotopic (exact) mass is 616 g/mol. The van der Waals surface area contributed by atoms with Crippen LogP contribution in [0.5, 0.6) is 0 Å². The van der Waals surface area contributed by atoms with Gasteiger partial charge in [-0.15, -0.1) is 0 Å². The number of fused-ring (bicyclic) bond motifs is 10. The van der Waals surface area contributed by atoms with Crippen LogP contribution in [0.4, 0.5) is 15.3 Å². The van der Waals surface area contributed by atoms with Gasteiger partial charge in [0, 0.05) is 30.0 Å². The van der Waals surface area contributed by atoms with Crippen molar-refractivity contribution < 1.29 is 19.1 Å². The normalized spacial score (nSPS) is 33.0. The van der Waals surface area contributed by atoms with Gasteiger partial charge in [0.2, 0.25) is 0 Å². The first-order chi connectivity index (χ1) is 22.5. The lowest BCUT2D eigenvalue weighted by Crippen LogP contribution is -2.55. The number of benzene rings is 3. The molecule has 0 spiro atoms. The average Bonchev–Trinajstić information content (AvgIpc) is 3.91. The second kappa shape index (κ2) is 9.90. The number of rotatable bonds is 3. The Morgan fingerprint density at radius 2 is 1.39 bits per heavy atom. The molecule has 1 saturated carbocycles. The molecule has 46 heavy (non-hydrogen) atoms. The van der Waals surface area contributed by atoms with Crippen molar-refractivity contribution in [3.8, 4) is 0 Å². The molecule has 2 saturated heterocycles. The summed E-state index contributed by atoms with van der Waals surface area (Å²) in [7, 11) is 2.95. The van der Waals surface area contributed by atoms with Crippen LogP contribution in [0, 0.1) is 5.92 Å². The van der Waals surface area contributed by atoms with Crippen molar-refractivity contribution in [3.05, 3.63) is 100 Å². The number of ether oxygens (including phenoxy) is 2. The van der Waals surface area contributed by atoms with E-state index >= 15 is 0 Å². The molecular weight excluding hydrogens is 576 g/mol. The van der Waals surface area contributed by atoms with E-state index in [-0.39, 0.29) is 35.1 Å². The van der Waals surface area contributed by atoms with E-state index < -0.39 is 5.54 Å². The number of hydrogen-bond donors (Lipinski definition) is 0. The molecule has 0 radical (unpaired) electrons. The fraction of sp³-hybridized carbons (Fsp3) is 0.474. The Morgan fingerprint density at radius 3 is 2.17 bits per heavy atom. The van der Waals surface area contributed by atoms with E-state index in [4.69, 9.17) is 19.7 Å². The smallest absolute Gasteiger partial charge is 0.409 e. The summed E-state index contributed by atoms with van der Waals surface area (Å²) in [4.78, 5) is 30.0. The Morgan fingerprint density at radius 1 is 0.717 bits per heavy atom. The Hall–Kier alpha value is -4.20. The van der Waals surface area contributed by atoms with Gasteiger partial charge in [-0.3, -0.25) is 0 Å². The van der Waals surface area contributed by atoms with Crippen molar-refractivity contribution >= 4 is 17.9 Å². The summed E-state index contributed by atoms with van der Waals surface area (Å²) < 4.78 is 10.6. The zero-order valence-corrected chi connectivity index (χ0v) is 26.6. The molecule has 2 heterocycles. The van der Waals surface area contributed by atoms with E-state index in [1.807, 2.05) is 9.80 Å². The van der Waals surface area contributed by atoms with Gasteiger partial charge < -0.3 is 19.3 Å². The highest BCUT2D eigenvalue weighted by atomic mass is 16.5. The summed E-state index contributed by atoms with van der Waals surface area (Å²) in [6.45, 7) is 1.28. The molecule has 3 aromatic carbocycles. The first-order valence-electron chi connectivity index (χ1n) is 16.9. The summed E-state index contributed by atoms with van der Waals surface area (Å²) in [6, 6.07) is 23.9. The van der Waals surface area contributed by atoms with Gasteiger partial charge in [-0.1, -0.05) is 67.1 Å². The van der Waals surface area contributed by atoms with Crippen molar-refractivity contribution in [2.45, 2.75) is 79.8 Å². The van der Waals surface area contributed by atoms with Crippen LogP contribution in [-0.4, -0.2) is 61.4 Å². The van der Waals surface area contributed by atoms with Crippen molar-refractivity contribution in [2.24, 2.45) is 16.1 Å². The van der Waals surface area contributed by atoms with Gasteiger partial charge >= 0.3 is 12.2 Å². The summed E-state index contributed by atoms with van der Waals surface area (Å²) >= 11 is 0. The number of likely N-dealkylation sites (tertiary alicyclic amines) is 2. The Labute approximate surface area is 269 Å². The zero-order valence-electron chi connectivity index (χ0n) is 26.6. The highest BCUT2D eigenvalue weighted by Gasteiger charge is 2.70. The zero-order chi connectivity index (χ0) is 31.3. The molecule has 6 aliphatic rings. The third kappa shape index (κ3) is 3.35. The van der Waals surface area contributed by atoms with E-state index in [0.717, 1.165) is 43.4 Å². The highest BCUT2D eigenvalue weighted by Crippen LogP contribution is 2.69. The van der Waals surface area contributed by atoms with Crippen LogP contribution < -0.4 is 0 Å². The number of methoxy groups -OCH3 is 2. The fourth-order valence-corrected chi connectivity index (χ4v) is 11.5. The van der Waals surface area contributed by atoms with E-state index in [1.54, 1.807) is 0 Å². The SMILES string of the molecule is COC(=O)N1CC[C@]2(N=Nc3cccc4c3C[C@H]3N(C(=O)OC)CC[C@@]43[C@]34CCC[C@H]3Cc3ccccc34)c3ccccc3C[C@H]12. The molecule has 0 N–H and O–H groups in total. The maximum atomic E-state index is 13.4. The van der Waals surface area contributed by atoms with E-state index in [0.29, 0.717) is 25.4 Å². The van der Waals surface area contributed by atoms with Crippen LogP contribution in [0.2, 0.25) is 0 Å². The quantitative estimate of drug-likeness (QED) is 0.297. The number of nitrogens with zero attached hydrogens (tertiary/aromatic N) is 4. The molecule has 2 aliphatic heterocycles. The summed E-state index contributed by atoms with van der Waals surface area (Å²) in [5.41, 5.74) is 7.90. The average molecular weight is 617 g/mol. The molecule has 8 heteroatoms. The maximum Gasteiger partial charge on any atom is 0.409 e. The van der Waals surface area contributed by atoms with Gasteiger partial charge in [-0.25, -0.2) is 9.59 Å². The maximum absolute atomic E-state index is 13.4. The molecular formula is C38H40N4O4. The van der Waals surface area contributed by atoms with Crippen LogP contribution in [0.25, 0.3) is 0 Å². The lowest BCUT2D eigenvalue weighted by molar-refractivity contribution is 0.0923. The van der Waals surface area contributed by atoms with Gasteiger partial charge in [0.1, 0.15) is 5.54 Å². The first kappa shape index (κ1) is 28.1. The Balaban J connectivity index is 1.19. The molecule has 6 atom stereocenters. The molecule has 3 fully saturated rings. The van der Waals surface area contributed by atoms with Gasteiger partial charge in [0.05, 0.1) is 25.9 Å². The van der Waals surface area contributed by atoms with Crippen LogP contribution in [0.1, 0.15) is 65.5 Å². The molecule has 0 unspecified atom stereocenters. The van der Waals surface area contributed by atoms with Gasteiger partial charge in [0.25, 0.3) is 0 Å². The van der Waals surface area contributed by atoms with Gasteiger partial charge in [-0.05, 0) is 90.3 Å². The number of hydrogen-bond acceptors (Lipinski definition) is 6. The highest BCUT2D eigenvalue weighted by molar-refractivity contribution is 5.72. The molecule has 8 nitrogen and oxygen atoms in total. The van der Waals surface area contributed by atoms with E-state index in [2.05, 4.69) is 66.7 Å².